The van der Waals surface area contributed by atoms with Crippen molar-refractivity contribution in [1.82, 2.24) is 4.81 Å². The summed E-state index contributed by atoms with van der Waals surface area (Å²) in [7, 11) is 1.05. The molecule has 0 radical (unpaired) electrons. The van der Waals surface area contributed by atoms with Crippen molar-refractivity contribution in [3.8, 4) is 0 Å². The third-order valence-electron chi connectivity index (χ3n) is 3.85. The van der Waals surface area contributed by atoms with E-state index in [1.165, 1.54) is 16.2 Å². The van der Waals surface area contributed by atoms with Crippen LogP contribution in [0.1, 0.15) is 12.8 Å². The average molecular weight is 238 g/mol. The van der Waals surface area contributed by atoms with Gasteiger partial charge in [-0.1, -0.05) is 47.9 Å². The van der Waals surface area contributed by atoms with Crippen LogP contribution in [0.3, 0.4) is 0 Å². The van der Waals surface area contributed by atoms with E-state index in [0.29, 0.717) is 6.04 Å². The number of hydrogen-bond acceptors (Lipinski definition) is 2. The van der Waals surface area contributed by atoms with E-state index in [0.717, 1.165) is 33.3 Å². The smallest absolute Gasteiger partial charge is 0.238 e. The molecule has 1 aliphatic heterocycles. The maximum Gasteiger partial charge on any atom is 0.238 e. The van der Waals surface area contributed by atoms with E-state index in [9.17, 15) is 0 Å². The third kappa shape index (κ3) is 2.57. The first-order valence-corrected chi connectivity index (χ1v) is 6.77. The molecule has 2 nitrogen and oxygen atoms in total. The zero-order valence-electron chi connectivity index (χ0n) is 10.7. The Morgan fingerprint density at radius 2 is 1.72 bits per heavy atom. The maximum absolute atomic E-state index is 5.94. The standard InChI is InChI=1S/C15H19BN2/c17-15-7-9-18(10-8-15)16-14-6-5-12-3-1-2-4-13(12)11-14/h1-6,11,15-16H,7-10,17H2. The minimum absolute atomic E-state index is 0.415. The maximum atomic E-state index is 5.94. The molecule has 0 saturated carbocycles. The van der Waals surface area contributed by atoms with E-state index in [1.54, 1.807) is 0 Å². The van der Waals surface area contributed by atoms with Crippen LogP contribution in [0, 0.1) is 0 Å². The highest BCUT2D eigenvalue weighted by atomic mass is 15.1. The Bertz CT molecular complexity index is 533. The Labute approximate surface area is 109 Å². The number of rotatable bonds is 2. The highest BCUT2D eigenvalue weighted by Gasteiger charge is 2.16. The molecule has 92 valence electrons. The van der Waals surface area contributed by atoms with Crippen molar-refractivity contribution in [3.63, 3.8) is 0 Å². The van der Waals surface area contributed by atoms with Crippen molar-refractivity contribution < 1.29 is 0 Å². The first-order chi connectivity index (χ1) is 8.81. The Kier molecular flexibility index (Phi) is 3.35. The van der Waals surface area contributed by atoms with Crippen molar-refractivity contribution in [2.24, 2.45) is 5.73 Å². The molecule has 0 aromatic heterocycles. The predicted octanol–water partition coefficient (Wildman–Crippen LogP) is 1.24. The molecule has 1 saturated heterocycles. The second-order valence-corrected chi connectivity index (χ2v) is 5.30. The molecule has 2 aromatic rings. The fourth-order valence-electron chi connectivity index (χ4n) is 2.71. The van der Waals surface area contributed by atoms with Crippen LogP contribution in [-0.2, 0) is 0 Å². The summed E-state index contributed by atoms with van der Waals surface area (Å²) in [4.78, 5) is 2.51. The summed E-state index contributed by atoms with van der Waals surface area (Å²) in [6, 6.07) is 15.7. The largest absolute Gasteiger partial charge is 0.341 e. The third-order valence-corrected chi connectivity index (χ3v) is 3.85. The fraction of sp³-hybridized carbons (Fsp3) is 0.333. The Hall–Kier alpha value is -1.32. The molecular weight excluding hydrogens is 219 g/mol. The monoisotopic (exact) mass is 238 g/mol. The fourth-order valence-corrected chi connectivity index (χ4v) is 2.71. The van der Waals surface area contributed by atoms with Crippen LogP contribution in [0.5, 0.6) is 0 Å². The van der Waals surface area contributed by atoms with E-state index in [1.807, 2.05) is 0 Å². The molecule has 2 N–H and O–H groups in total. The average Bonchev–Trinajstić information content (AvgIpc) is 2.41. The summed E-state index contributed by atoms with van der Waals surface area (Å²) in [5.41, 5.74) is 7.34. The van der Waals surface area contributed by atoms with Gasteiger partial charge in [0.25, 0.3) is 0 Å². The van der Waals surface area contributed by atoms with Gasteiger partial charge in [-0.3, -0.25) is 0 Å². The molecule has 3 heteroatoms. The number of nitrogens with zero attached hydrogens (tertiary/aromatic N) is 1. The second-order valence-electron chi connectivity index (χ2n) is 5.30. The van der Waals surface area contributed by atoms with Gasteiger partial charge in [0.2, 0.25) is 7.41 Å². The SMILES string of the molecule is NC1CCN(Bc2ccc3ccccc3c2)CC1. The molecule has 3 rings (SSSR count). The topological polar surface area (TPSA) is 29.3 Å². The highest BCUT2D eigenvalue weighted by Crippen LogP contribution is 2.12. The van der Waals surface area contributed by atoms with E-state index >= 15 is 0 Å². The Morgan fingerprint density at radius 3 is 2.50 bits per heavy atom. The van der Waals surface area contributed by atoms with Gasteiger partial charge in [0.15, 0.2) is 0 Å². The molecule has 2 aromatic carbocycles. The minimum Gasteiger partial charge on any atom is -0.341 e. The van der Waals surface area contributed by atoms with Crippen molar-refractivity contribution in [2.45, 2.75) is 18.9 Å². The van der Waals surface area contributed by atoms with Gasteiger partial charge in [-0.25, -0.2) is 0 Å². The summed E-state index contributed by atoms with van der Waals surface area (Å²) in [5.74, 6) is 0. The first kappa shape index (κ1) is 11.8. The predicted molar refractivity (Wildman–Crippen MR) is 79.5 cm³/mol. The van der Waals surface area contributed by atoms with Crippen LogP contribution >= 0.6 is 0 Å². The van der Waals surface area contributed by atoms with Crippen molar-refractivity contribution in [3.05, 3.63) is 42.5 Å². The number of nitrogens with two attached hydrogens (primary N) is 1. The molecule has 0 aliphatic carbocycles. The van der Waals surface area contributed by atoms with Gasteiger partial charge in [-0.05, 0) is 36.7 Å². The first-order valence-electron chi connectivity index (χ1n) is 6.77. The molecule has 0 bridgehead atoms. The zero-order chi connectivity index (χ0) is 12.4. The normalized spacial score (nSPS) is 18.1. The molecule has 1 aliphatic rings. The van der Waals surface area contributed by atoms with E-state index in [2.05, 4.69) is 47.3 Å². The van der Waals surface area contributed by atoms with Gasteiger partial charge in [0.05, 0.1) is 0 Å². The van der Waals surface area contributed by atoms with Crippen LogP contribution in [0.4, 0.5) is 0 Å². The molecule has 18 heavy (non-hydrogen) atoms. The number of benzene rings is 2. The van der Waals surface area contributed by atoms with Crippen LogP contribution in [0.2, 0.25) is 0 Å². The molecule has 0 atom stereocenters. The van der Waals surface area contributed by atoms with Crippen LogP contribution in [-0.4, -0.2) is 31.4 Å². The molecule has 0 spiro atoms. The summed E-state index contributed by atoms with van der Waals surface area (Å²) in [5, 5.41) is 2.66. The summed E-state index contributed by atoms with van der Waals surface area (Å²) >= 11 is 0. The van der Waals surface area contributed by atoms with Gasteiger partial charge in [0.1, 0.15) is 0 Å². The lowest BCUT2D eigenvalue weighted by Gasteiger charge is -2.29. The van der Waals surface area contributed by atoms with Crippen molar-refractivity contribution in [1.29, 1.82) is 0 Å². The molecular formula is C15H19BN2. The molecule has 1 heterocycles. The molecule has 0 amide bonds. The highest BCUT2D eigenvalue weighted by molar-refractivity contribution is 6.51. The van der Waals surface area contributed by atoms with Crippen LogP contribution < -0.4 is 11.2 Å². The van der Waals surface area contributed by atoms with Crippen molar-refractivity contribution in [2.75, 3.05) is 13.1 Å². The quantitative estimate of drug-likeness (QED) is 0.797. The summed E-state index contributed by atoms with van der Waals surface area (Å²) < 4.78 is 0. The molecule has 1 fully saturated rings. The van der Waals surface area contributed by atoms with Crippen LogP contribution in [0.25, 0.3) is 10.8 Å². The number of fused-ring (bicyclic) bond motifs is 1. The summed E-state index contributed by atoms with van der Waals surface area (Å²) in [6.45, 7) is 2.27. The number of hydrogen-bond donors (Lipinski definition) is 1. The van der Waals surface area contributed by atoms with Gasteiger partial charge in [-0.2, -0.15) is 0 Å². The summed E-state index contributed by atoms with van der Waals surface area (Å²) in [6.07, 6.45) is 2.27. The number of piperidine rings is 1. The lowest BCUT2D eigenvalue weighted by molar-refractivity contribution is 0.331. The zero-order valence-corrected chi connectivity index (χ0v) is 10.7. The van der Waals surface area contributed by atoms with Gasteiger partial charge >= 0.3 is 0 Å². The Balaban J connectivity index is 1.74. The van der Waals surface area contributed by atoms with Crippen LogP contribution in [0.15, 0.2) is 42.5 Å². The van der Waals surface area contributed by atoms with Gasteiger partial charge in [0, 0.05) is 6.04 Å². The Morgan fingerprint density at radius 1 is 1.00 bits per heavy atom. The lowest BCUT2D eigenvalue weighted by atomic mass is 9.78. The second kappa shape index (κ2) is 5.13. The van der Waals surface area contributed by atoms with E-state index in [-0.39, 0.29) is 0 Å². The van der Waals surface area contributed by atoms with E-state index < -0.39 is 0 Å². The van der Waals surface area contributed by atoms with E-state index in [4.69, 9.17) is 5.73 Å². The van der Waals surface area contributed by atoms with Crippen molar-refractivity contribution >= 4 is 23.6 Å². The molecule has 0 unspecified atom stereocenters. The van der Waals surface area contributed by atoms with Gasteiger partial charge < -0.3 is 10.5 Å². The minimum atomic E-state index is 0.415. The van der Waals surface area contributed by atoms with Gasteiger partial charge in [-0.15, -0.1) is 0 Å². The lowest BCUT2D eigenvalue weighted by Crippen LogP contribution is -2.45.